The van der Waals surface area contributed by atoms with E-state index in [1.165, 1.54) is 20.0 Å². The molecule has 5 heteroatoms. The Morgan fingerprint density at radius 3 is 2.85 bits per heavy atom. The van der Waals surface area contributed by atoms with Gasteiger partial charge in [-0.05, 0) is 44.7 Å². The molecule has 1 unspecified atom stereocenters. The van der Waals surface area contributed by atoms with Crippen molar-refractivity contribution >= 4 is 11.9 Å². The molecule has 1 fully saturated rings. The zero-order valence-corrected chi connectivity index (χ0v) is 12.8. The number of hydrogen-bond donors (Lipinski definition) is 1. The number of nitrogens with zero attached hydrogens (tertiary/aromatic N) is 1. The summed E-state index contributed by atoms with van der Waals surface area (Å²) >= 11 is 0. The molecular weight excluding hydrogens is 256 g/mol. The fourth-order valence-electron chi connectivity index (χ4n) is 2.64. The molecule has 0 radical (unpaired) electrons. The Bertz CT molecular complexity index is 307. The van der Waals surface area contributed by atoms with Gasteiger partial charge in [0.2, 0.25) is 5.91 Å². The number of methoxy groups -OCH3 is 1. The van der Waals surface area contributed by atoms with Gasteiger partial charge in [0.05, 0.1) is 7.11 Å². The highest BCUT2D eigenvalue weighted by molar-refractivity contribution is 5.75. The standard InChI is InChI=1S/C15H28N2O3/c1-3-6-14(18)16-11-13-7-4-9-17(12-13)10-5-8-15(19)20-2/h13H,3-12H2,1-2H3,(H,16,18). The highest BCUT2D eigenvalue weighted by Crippen LogP contribution is 2.16. The predicted molar refractivity (Wildman–Crippen MR) is 78.3 cm³/mol. The Balaban J connectivity index is 2.18. The molecule has 116 valence electrons. The van der Waals surface area contributed by atoms with E-state index in [0.717, 1.165) is 39.0 Å². The van der Waals surface area contributed by atoms with Crippen LogP contribution in [-0.4, -0.2) is 50.1 Å². The van der Waals surface area contributed by atoms with Gasteiger partial charge in [-0.2, -0.15) is 0 Å². The molecule has 20 heavy (non-hydrogen) atoms. The third-order valence-corrected chi connectivity index (χ3v) is 3.75. The molecular formula is C15H28N2O3. The van der Waals surface area contributed by atoms with E-state index in [2.05, 4.69) is 15.0 Å². The molecule has 1 amide bonds. The van der Waals surface area contributed by atoms with Gasteiger partial charge >= 0.3 is 5.97 Å². The zero-order chi connectivity index (χ0) is 14.8. The Kier molecular flexibility index (Phi) is 8.26. The van der Waals surface area contributed by atoms with Crippen LogP contribution in [-0.2, 0) is 14.3 Å². The van der Waals surface area contributed by atoms with E-state index in [0.29, 0.717) is 18.8 Å². The second-order valence-corrected chi connectivity index (χ2v) is 5.54. The van der Waals surface area contributed by atoms with Crippen molar-refractivity contribution in [2.45, 2.75) is 45.4 Å². The average Bonchev–Trinajstić information content (AvgIpc) is 2.46. The quantitative estimate of drug-likeness (QED) is 0.687. The number of carbonyl (C=O) groups is 2. The molecule has 0 aromatic rings. The SMILES string of the molecule is CCCC(=O)NCC1CCCN(CCCC(=O)OC)C1. The van der Waals surface area contributed by atoms with E-state index in [4.69, 9.17) is 0 Å². The number of piperidine rings is 1. The van der Waals surface area contributed by atoms with E-state index in [1.54, 1.807) is 0 Å². The molecule has 1 rings (SSSR count). The number of ether oxygens (including phenoxy) is 1. The third-order valence-electron chi connectivity index (χ3n) is 3.75. The maximum atomic E-state index is 11.5. The fourth-order valence-corrected chi connectivity index (χ4v) is 2.64. The van der Waals surface area contributed by atoms with E-state index in [9.17, 15) is 9.59 Å². The summed E-state index contributed by atoms with van der Waals surface area (Å²) in [5.41, 5.74) is 0. The van der Waals surface area contributed by atoms with E-state index in [-0.39, 0.29) is 11.9 Å². The largest absolute Gasteiger partial charge is 0.469 e. The molecule has 5 nitrogen and oxygen atoms in total. The Hall–Kier alpha value is -1.10. The molecule has 0 aromatic heterocycles. The molecule has 0 saturated carbocycles. The summed E-state index contributed by atoms with van der Waals surface area (Å²) in [7, 11) is 1.43. The van der Waals surface area contributed by atoms with Gasteiger partial charge in [0, 0.05) is 25.9 Å². The van der Waals surface area contributed by atoms with Crippen molar-refractivity contribution in [2.75, 3.05) is 33.3 Å². The van der Waals surface area contributed by atoms with Crippen LogP contribution in [0.4, 0.5) is 0 Å². The average molecular weight is 284 g/mol. The van der Waals surface area contributed by atoms with Crippen molar-refractivity contribution in [2.24, 2.45) is 5.92 Å². The van der Waals surface area contributed by atoms with Crippen LogP contribution in [0.15, 0.2) is 0 Å². The third kappa shape index (κ3) is 6.89. The van der Waals surface area contributed by atoms with Crippen LogP contribution in [0, 0.1) is 5.92 Å². The van der Waals surface area contributed by atoms with Crippen molar-refractivity contribution < 1.29 is 14.3 Å². The molecule has 1 saturated heterocycles. The van der Waals surface area contributed by atoms with Gasteiger partial charge < -0.3 is 15.0 Å². The Labute approximate surface area is 122 Å². The summed E-state index contributed by atoms with van der Waals surface area (Å²) < 4.78 is 4.64. The van der Waals surface area contributed by atoms with Crippen LogP contribution < -0.4 is 5.32 Å². The summed E-state index contributed by atoms with van der Waals surface area (Å²) in [4.78, 5) is 24.9. The zero-order valence-electron chi connectivity index (χ0n) is 12.8. The number of carbonyl (C=O) groups excluding carboxylic acids is 2. The molecule has 0 aliphatic carbocycles. The van der Waals surface area contributed by atoms with Gasteiger partial charge in [0.15, 0.2) is 0 Å². The number of amides is 1. The molecule has 0 bridgehead atoms. The van der Waals surface area contributed by atoms with Crippen LogP contribution in [0.1, 0.15) is 45.4 Å². The minimum Gasteiger partial charge on any atom is -0.469 e. The number of hydrogen-bond acceptors (Lipinski definition) is 4. The topological polar surface area (TPSA) is 58.6 Å². The van der Waals surface area contributed by atoms with E-state index in [1.807, 2.05) is 6.92 Å². The normalized spacial score (nSPS) is 19.6. The molecule has 1 aliphatic rings. The van der Waals surface area contributed by atoms with Crippen molar-refractivity contribution in [1.29, 1.82) is 0 Å². The Morgan fingerprint density at radius 2 is 2.15 bits per heavy atom. The second-order valence-electron chi connectivity index (χ2n) is 5.54. The minimum atomic E-state index is -0.134. The maximum absolute atomic E-state index is 11.5. The highest BCUT2D eigenvalue weighted by atomic mass is 16.5. The van der Waals surface area contributed by atoms with E-state index >= 15 is 0 Å². The number of rotatable bonds is 8. The van der Waals surface area contributed by atoms with Crippen molar-refractivity contribution in [3.63, 3.8) is 0 Å². The van der Waals surface area contributed by atoms with E-state index < -0.39 is 0 Å². The monoisotopic (exact) mass is 284 g/mol. The Morgan fingerprint density at radius 1 is 1.35 bits per heavy atom. The maximum Gasteiger partial charge on any atom is 0.305 e. The van der Waals surface area contributed by atoms with Gasteiger partial charge in [0.1, 0.15) is 0 Å². The number of likely N-dealkylation sites (tertiary alicyclic amines) is 1. The summed E-state index contributed by atoms with van der Waals surface area (Å²) in [5.74, 6) is 0.573. The highest BCUT2D eigenvalue weighted by Gasteiger charge is 2.20. The van der Waals surface area contributed by atoms with Crippen LogP contribution in [0.5, 0.6) is 0 Å². The van der Waals surface area contributed by atoms with Crippen molar-refractivity contribution in [3.8, 4) is 0 Å². The molecule has 1 atom stereocenters. The van der Waals surface area contributed by atoms with Gasteiger partial charge in [-0.1, -0.05) is 6.92 Å². The first-order valence-electron chi connectivity index (χ1n) is 7.71. The molecule has 1 aliphatic heterocycles. The van der Waals surface area contributed by atoms with Crippen LogP contribution in [0.25, 0.3) is 0 Å². The lowest BCUT2D eigenvalue weighted by molar-refractivity contribution is -0.140. The number of nitrogens with one attached hydrogen (secondary N) is 1. The molecule has 0 spiro atoms. The summed E-state index contributed by atoms with van der Waals surface area (Å²) in [6.45, 7) is 5.86. The van der Waals surface area contributed by atoms with Crippen molar-refractivity contribution in [1.82, 2.24) is 10.2 Å². The number of esters is 1. The first-order chi connectivity index (χ1) is 9.65. The van der Waals surface area contributed by atoms with Crippen LogP contribution in [0.2, 0.25) is 0 Å². The van der Waals surface area contributed by atoms with Gasteiger partial charge in [-0.3, -0.25) is 9.59 Å². The van der Waals surface area contributed by atoms with Gasteiger partial charge in [-0.25, -0.2) is 0 Å². The molecule has 1 N–H and O–H groups in total. The first kappa shape index (κ1) is 17.0. The summed E-state index contributed by atoms with van der Waals surface area (Å²) in [6, 6.07) is 0. The summed E-state index contributed by atoms with van der Waals surface area (Å²) in [6.07, 6.45) is 5.21. The molecule has 1 heterocycles. The van der Waals surface area contributed by atoms with Gasteiger partial charge in [0.25, 0.3) is 0 Å². The predicted octanol–water partition coefficient (Wildman–Crippen LogP) is 1.57. The van der Waals surface area contributed by atoms with Crippen LogP contribution >= 0.6 is 0 Å². The smallest absolute Gasteiger partial charge is 0.305 e. The fraction of sp³-hybridized carbons (Fsp3) is 0.867. The second kappa shape index (κ2) is 9.75. The van der Waals surface area contributed by atoms with Crippen LogP contribution in [0.3, 0.4) is 0 Å². The minimum absolute atomic E-state index is 0.134. The van der Waals surface area contributed by atoms with Gasteiger partial charge in [-0.15, -0.1) is 0 Å². The lowest BCUT2D eigenvalue weighted by Gasteiger charge is -2.32. The first-order valence-corrected chi connectivity index (χ1v) is 7.71. The summed E-state index contributed by atoms with van der Waals surface area (Å²) in [5, 5.41) is 3.02. The lowest BCUT2D eigenvalue weighted by atomic mass is 9.97. The lowest BCUT2D eigenvalue weighted by Crippen LogP contribution is -2.41. The molecule has 0 aromatic carbocycles. The van der Waals surface area contributed by atoms with Crippen molar-refractivity contribution in [3.05, 3.63) is 0 Å².